The normalized spacial score (nSPS) is 28.3. The van der Waals surface area contributed by atoms with Gasteiger partial charge in [0.15, 0.2) is 0 Å². The Morgan fingerprint density at radius 2 is 2.42 bits per heavy atom. The third kappa shape index (κ3) is 2.08. The molecule has 2 unspecified atom stereocenters. The Bertz CT molecular complexity index is 145. The first-order valence-corrected chi connectivity index (χ1v) is 4.88. The minimum atomic E-state index is 0.485. The molecule has 1 fully saturated rings. The lowest BCUT2D eigenvalue weighted by atomic mass is 10.0. The molecule has 2 atom stereocenters. The average Bonchev–Trinajstić information content (AvgIpc) is 2.16. The summed E-state index contributed by atoms with van der Waals surface area (Å²) < 4.78 is 0. The van der Waals surface area contributed by atoms with E-state index in [4.69, 9.17) is 5.73 Å². The molecule has 12 heavy (non-hydrogen) atoms. The Balaban J connectivity index is 2.51. The first kappa shape index (κ1) is 9.75. The van der Waals surface area contributed by atoms with Gasteiger partial charge in [-0.2, -0.15) is 0 Å². The summed E-state index contributed by atoms with van der Waals surface area (Å²) in [6.45, 7) is 8.00. The maximum atomic E-state index is 5.71. The predicted octanol–water partition coefficient (Wildman–Crippen LogP) is 1.37. The van der Waals surface area contributed by atoms with Gasteiger partial charge in [-0.15, -0.1) is 6.58 Å². The van der Waals surface area contributed by atoms with Crippen LogP contribution >= 0.6 is 0 Å². The summed E-state index contributed by atoms with van der Waals surface area (Å²) in [5.41, 5.74) is 5.71. The van der Waals surface area contributed by atoms with Crippen molar-refractivity contribution in [2.75, 3.05) is 13.1 Å². The SMILES string of the molecule is C=CC(C)N1CCCCC1CN. The van der Waals surface area contributed by atoms with Crippen LogP contribution in [0.2, 0.25) is 0 Å². The Hall–Kier alpha value is -0.340. The zero-order valence-electron chi connectivity index (χ0n) is 8.00. The van der Waals surface area contributed by atoms with Crippen LogP contribution in [-0.2, 0) is 0 Å². The van der Waals surface area contributed by atoms with Crippen LogP contribution in [0.4, 0.5) is 0 Å². The topological polar surface area (TPSA) is 29.3 Å². The van der Waals surface area contributed by atoms with Gasteiger partial charge in [0.1, 0.15) is 0 Å². The zero-order valence-corrected chi connectivity index (χ0v) is 8.00. The van der Waals surface area contributed by atoms with E-state index in [1.54, 1.807) is 0 Å². The Morgan fingerprint density at radius 1 is 1.67 bits per heavy atom. The van der Waals surface area contributed by atoms with Crippen LogP contribution in [0.25, 0.3) is 0 Å². The van der Waals surface area contributed by atoms with Gasteiger partial charge in [-0.3, -0.25) is 4.90 Å². The second-order valence-electron chi connectivity index (χ2n) is 3.60. The number of nitrogens with two attached hydrogens (primary N) is 1. The summed E-state index contributed by atoms with van der Waals surface area (Å²) in [6.07, 6.45) is 5.92. The smallest absolute Gasteiger partial charge is 0.0250 e. The Labute approximate surface area is 75.4 Å². The summed E-state index contributed by atoms with van der Waals surface area (Å²) in [5.74, 6) is 0. The molecule has 1 aliphatic heterocycles. The molecule has 0 radical (unpaired) electrons. The molecule has 0 amide bonds. The monoisotopic (exact) mass is 168 g/mol. The molecule has 0 aliphatic carbocycles. The molecule has 1 aliphatic rings. The van der Waals surface area contributed by atoms with Crippen LogP contribution < -0.4 is 5.73 Å². The molecule has 1 saturated heterocycles. The highest BCUT2D eigenvalue weighted by atomic mass is 15.2. The fraction of sp³-hybridized carbons (Fsp3) is 0.800. The van der Waals surface area contributed by atoms with Crippen molar-refractivity contribution in [3.63, 3.8) is 0 Å². The van der Waals surface area contributed by atoms with Crippen LogP contribution in [0.15, 0.2) is 12.7 Å². The van der Waals surface area contributed by atoms with E-state index in [-0.39, 0.29) is 0 Å². The lowest BCUT2D eigenvalue weighted by Gasteiger charge is -2.38. The molecule has 0 aromatic heterocycles. The summed E-state index contributed by atoms with van der Waals surface area (Å²) in [7, 11) is 0. The molecule has 0 aromatic rings. The van der Waals surface area contributed by atoms with Crippen LogP contribution in [0, 0.1) is 0 Å². The van der Waals surface area contributed by atoms with Crippen molar-refractivity contribution in [3.05, 3.63) is 12.7 Å². The lowest BCUT2D eigenvalue weighted by Crippen LogP contribution is -2.47. The standard InChI is InChI=1S/C10H20N2/c1-3-9(2)12-7-5-4-6-10(12)8-11/h3,9-10H,1,4-8,11H2,2H3. The number of hydrogen-bond acceptors (Lipinski definition) is 2. The largest absolute Gasteiger partial charge is 0.329 e. The van der Waals surface area contributed by atoms with Gasteiger partial charge in [-0.05, 0) is 26.3 Å². The maximum Gasteiger partial charge on any atom is 0.0250 e. The number of nitrogens with zero attached hydrogens (tertiary/aromatic N) is 1. The van der Waals surface area contributed by atoms with Crippen LogP contribution in [0.5, 0.6) is 0 Å². The van der Waals surface area contributed by atoms with Gasteiger partial charge >= 0.3 is 0 Å². The fourth-order valence-corrected chi connectivity index (χ4v) is 1.95. The predicted molar refractivity (Wildman–Crippen MR) is 53.1 cm³/mol. The average molecular weight is 168 g/mol. The summed E-state index contributed by atoms with van der Waals surface area (Å²) >= 11 is 0. The van der Waals surface area contributed by atoms with Gasteiger partial charge < -0.3 is 5.73 Å². The quantitative estimate of drug-likeness (QED) is 0.645. The molecular weight excluding hydrogens is 148 g/mol. The number of hydrogen-bond donors (Lipinski definition) is 1. The third-order valence-electron chi connectivity index (χ3n) is 2.81. The Morgan fingerprint density at radius 3 is 3.00 bits per heavy atom. The van der Waals surface area contributed by atoms with Gasteiger partial charge in [-0.1, -0.05) is 12.5 Å². The minimum Gasteiger partial charge on any atom is -0.329 e. The molecular formula is C10H20N2. The highest BCUT2D eigenvalue weighted by Gasteiger charge is 2.23. The first-order chi connectivity index (χ1) is 5.79. The van der Waals surface area contributed by atoms with Crippen molar-refractivity contribution in [1.29, 1.82) is 0 Å². The maximum absolute atomic E-state index is 5.71. The molecule has 1 heterocycles. The highest BCUT2D eigenvalue weighted by molar-refractivity contribution is 4.90. The first-order valence-electron chi connectivity index (χ1n) is 4.88. The van der Waals surface area contributed by atoms with Gasteiger partial charge in [0.05, 0.1) is 0 Å². The second kappa shape index (κ2) is 4.63. The molecule has 2 N–H and O–H groups in total. The van der Waals surface area contributed by atoms with E-state index in [2.05, 4.69) is 18.4 Å². The van der Waals surface area contributed by atoms with Gasteiger partial charge in [-0.25, -0.2) is 0 Å². The number of rotatable bonds is 3. The van der Waals surface area contributed by atoms with Crippen LogP contribution in [-0.4, -0.2) is 30.1 Å². The fourth-order valence-electron chi connectivity index (χ4n) is 1.95. The summed E-state index contributed by atoms with van der Waals surface area (Å²) in [4.78, 5) is 2.47. The molecule has 0 saturated carbocycles. The van der Waals surface area contributed by atoms with Crippen molar-refractivity contribution in [3.8, 4) is 0 Å². The number of likely N-dealkylation sites (tertiary alicyclic amines) is 1. The van der Waals surface area contributed by atoms with E-state index >= 15 is 0 Å². The second-order valence-corrected chi connectivity index (χ2v) is 3.60. The molecule has 1 rings (SSSR count). The van der Waals surface area contributed by atoms with E-state index in [0.29, 0.717) is 12.1 Å². The summed E-state index contributed by atoms with van der Waals surface area (Å²) in [6, 6.07) is 1.07. The van der Waals surface area contributed by atoms with E-state index in [1.807, 2.05) is 6.08 Å². The molecule has 70 valence electrons. The number of piperidine rings is 1. The summed E-state index contributed by atoms with van der Waals surface area (Å²) in [5, 5.41) is 0. The van der Waals surface area contributed by atoms with Crippen LogP contribution in [0.3, 0.4) is 0 Å². The molecule has 2 heteroatoms. The van der Waals surface area contributed by atoms with Crippen molar-refractivity contribution < 1.29 is 0 Å². The molecule has 0 aromatic carbocycles. The van der Waals surface area contributed by atoms with E-state index < -0.39 is 0 Å². The highest BCUT2D eigenvalue weighted by Crippen LogP contribution is 2.18. The van der Waals surface area contributed by atoms with E-state index in [1.165, 1.54) is 25.8 Å². The molecule has 2 nitrogen and oxygen atoms in total. The van der Waals surface area contributed by atoms with Crippen molar-refractivity contribution in [2.45, 2.75) is 38.3 Å². The van der Waals surface area contributed by atoms with Crippen molar-refractivity contribution in [1.82, 2.24) is 4.90 Å². The third-order valence-corrected chi connectivity index (χ3v) is 2.81. The van der Waals surface area contributed by atoms with Crippen molar-refractivity contribution >= 4 is 0 Å². The lowest BCUT2D eigenvalue weighted by molar-refractivity contribution is 0.129. The molecule has 0 spiro atoms. The van der Waals surface area contributed by atoms with E-state index in [0.717, 1.165) is 6.54 Å². The molecule has 0 bridgehead atoms. The van der Waals surface area contributed by atoms with Gasteiger partial charge in [0, 0.05) is 18.6 Å². The Kier molecular flexibility index (Phi) is 3.76. The van der Waals surface area contributed by atoms with Gasteiger partial charge in [0.2, 0.25) is 0 Å². The van der Waals surface area contributed by atoms with E-state index in [9.17, 15) is 0 Å². The minimum absolute atomic E-state index is 0.485. The zero-order chi connectivity index (χ0) is 8.97. The van der Waals surface area contributed by atoms with Crippen molar-refractivity contribution in [2.24, 2.45) is 5.73 Å². The van der Waals surface area contributed by atoms with Crippen LogP contribution in [0.1, 0.15) is 26.2 Å². The van der Waals surface area contributed by atoms with Gasteiger partial charge in [0.25, 0.3) is 0 Å².